The van der Waals surface area contributed by atoms with Crippen LogP contribution in [-0.2, 0) is 6.54 Å². The Kier molecular flexibility index (Phi) is 8.53. The van der Waals surface area contributed by atoms with E-state index in [-0.39, 0.29) is 18.2 Å². The first-order valence-corrected chi connectivity index (χ1v) is 8.03. The fourth-order valence-electron chi connectivity index (χ4n) is 2.76. The summed E-state index contributed by atoms with van der Waals surface area (Å²) in [6.45, 7) is -0.115. The molecule has 0 aromatic heterocycles. The van der Waals surface area contributed by atoms with Gasteiger partial charge in [-0.15, -0.1) is 12.4 Å². The smallest absolute Gasteiger partial charge is 0.387 e. The molecule has 8 heteroatoms. The Morgan fingerprint density at radius 2 is 2.17 bits per heavy atom. The maximum atomic E-state index is 12.5. The molecule has 1 saturated heterocycles. The largest absolute Gasteiger partial charge is 0.493 e. The molecule has 1 unspecified atom stereocenters. The van der Waals surface area contributed by atoms with Gasteiger partial charge in [0, 0.05) is 19.1 Å². The van der Waals surface area contributed by atoms with Crippen LogP contribution >= 0.6 is 28.3 Å². The van der Waals surface area contributed by atoms with Gasteiger partial charge in [-0.3, -0.25) is 4.90 Å². The van der Waals surface area contributed by atoms with E-state index in [1.165, 1.54) is 13.5 Å². The number of ether oxygens (including phenoxy) is 2. The van der Waals surface area contributed by atoms with Crippen LogP contribution in [-0.4, -0.2) is 44.8 Å². The third kappa shape index (κ3) is 5.74. The van der Waals surface area contributed by atoms with E-state index >= 15 is 0 Å². The van der Waals surface area contributed by atoms with Gasteiger partial charge in [-0.25, -0.2) is 0 Å². The van der Waals surface area contributed by atoms with Crippen molar-refractivity contribution >= 4 is 28.3 Å². The highest BCUT2D eigenvalue weighted by atomic mass is 79.9. The number of hydrogen-bond donors (Lipinski definition) is 1. The van der Waals surface area contributed by atoms with Gasteiger partial charge in [-0.2, -0.15) is 8.78 Å². The lowest BCUT2D eigenvalue weighted by Crippen LogP contribution is -2.43. The van der Waals surface area contributed by atoms with Crippen LogP contribution in [0.3, 0.4) is 0 Å². The highest BCUT2D eigenvalue weighted by Gasteiger charge is 2.20. The number of halogens is 4. The molecular formula is C15H22BrClF2N2O2. The van der Waals surface area contributed by atoms with Crippen LogP contribution in [0.25, 0.3) is 0 Å². The van der Waals surface area contributed by atoms with Crippen LogP contribution in [0.15, 0.2) is 16.6 Å². The summed E-state index contributed by atoms with van der Waals surface area (Å²) in [5.74, 6) is 0.347. The molecule has 0 radical (unpaired) electrons. The van der Waals surface area contributed by atoms with E-state index < -0.39 is 6.61 Å². The predicted molar refractivity (Wildman–Crippen MR) is 91.9 cm³/mol. The van der Waals surface area contributed by atoms with Crippen molar-refractivity contribution in [1.82, 2.24) is 10.2 Å². The fourth-order valence-corrected chi connectivity index (χ4v) is 3.34. The van der Waals surface area contributed by atoms with Crippen LogP contribution in [0.5, 0.6) is 11.5 Å². The predicted octanol–water partition coefficient (Wildman–Crippen LogP) is 3.66. The highest BCUT2D eigenvalue weighted by molar-refractivity contribution is 9.10. The van der Waals surface area contributed by atoms with Gasteiger partial charge >= 0.3 is 6.61 Å². The molecule has 1 aliphatic heterocycles. The molecule has 0 bridgehead atoms. The molecular weight excluding hydrogens is 394 g/mol. The van der Waals surface area contributed by atoms with Crippen LogP contribution < -0.4 is 14.8 Å². The van der Waals surface area contributed by atoms with Gasteiger partial charge in [0.1, 0.15) is 0 Å². The zero-order valence-corrected chi connectivity index (χ0v) is 15.6. The molecule has 1 N–H and O–H groups in total. The summed E-state index contributed by atoms with van der Waals surface area (Å²) in [6.07, 6.45) is 2.33. The number of alkyl halides is 2. The molecule has 132 valence electrons. The van der Waals surface area contributed by atoms with Crippen LogP contribution in [0.1, 0.15) is 18.4 Å². The van der Waals surface area contributed by atoms with Crippen LogP contribution in [0.4, 0.5) is 8.78 Å². The number of likely N-dealkylation sites (tertiary alicyclic amines) is 1. The minimum absolute atomic E-state index is 0. The summed E-state index contributed by atoms with van der Waals surface area (Å²) >= 11 is 3.29. The molecule has 1 atom stereocenters. The van der Waals surface area contributed by atoms with E-state index in [1.54, 1.807) is 6.07 Å². The number of benzene rings is 1. The first-order chi connectivity index (χ1) is 10.5. The molecule has 1 fully saturated rings. The van der Waals surface area contributed by atoms with Gasteiger partial charge in [0.25, 0.3) is 0 Å². The van der Waals surface area contributed by atoms with E-state index in [0.29, 0.717) is 16.3 Å². The second kappa shape index (κ2) is 9.61. The Labute approximate surface area is 150 Å². The van der Waals surface area contributed by atoms with Crippen molar-refractivity contribution in [3.63, 3.8) is 0 Å². The molecule has 0 spiro atoms. The maximum Gasteiger partial charge on any atom is 0.387 e. The van der Waals surface area contributed by atoms with Gasteiger partial charge in [0.15, 0.2) is 11.5 Å². The molecule has 0 amide bonds. The lowest BCUT2D eigenvalue weighted by atomic mass is 10.0. The highest BCUT2D eigenvalue weighted by Crippen LogP contribution is 2.38. The molecule has 0 aliphatic carbocycles. The minimum Gasteiger partial charge on any atom is -0.493 e. The van der Waals surface area contributed by atoms with Gasteiger partial charge < -0.3 is 14.8 Å². The number of hydrogen-bond acceptors (Lipinski definition) is 4. The first-order valence-electron chi connectivity index (χ1n) is 7.24. The number of methoxy groups -OCH3 is 1. The SMILES string of the molecule is CNC1CCCN(Cc2cc(Br)c(OC(F)F)c(OC)c2)C1.Cl. The van der Waals surface area contributed by atoms with Crippen LogP contribution in [0.2, 0.25) is 0 Å². The minimum atomic E-state index is -2.88. The van der Waals surface area contributed by atoms with Crippen molar-refractivity contribution < 1.29 is 18.3 Å². The number of rotatable bonds is 6. The molecule has 1 aliphatic rings. The molecule has 1 aromatic rings. The van der Waals surface area contributed by atoms with Crippen LogP contribution in [0, 0.1) is 0 Å². The summed E-state index contributed by atoms with van der Waals surface area (Å²) in [5, 5.41) is 3.31. The lowest BCUT2D eigenvalue weighted by molar-refractivity contribution is -0.0517. The maximum absolute atomic E-state index is 12.5. The van der Waals surface area contributed by atoms with Crippen molar-refractivity contribution in [2.45, 2.75) is 32.0 Å². The summed E-state index contributed by atoms with van der Waals surface area (Å²) in [5.41, 5.74) is 1.00. The summed E-state index contributed by atoms with van der Waals surface area (Å²) < 4.78 is 35.1. The number of piperidine rings is 1. The van der Waals surface area contributed by atoms with E-state index in [0.717, 1.165) is 31.6 Å². The third-order valence-corrected chi connectivity index (χ3v) is 4.41. The number of nitrogens with one attached hydrogen (secondary N) is 1. The topological polar surface area (TPSA) is 33.7 Å². The molecule has 0 saturated carbocycles. The Balaban J connectivity index is 0.00000264. The fraction of sp³-hybridized carbons (Fsp3) is 0.600. The summed E-state index contributed by atoms with van der Waals surface area (Å²) in [7, 11) is 3.42. The Hall–Kier alpha value is -0.630. The average Bonchev–Trinajstić information content (AvgIpc) is 2.49. The Bertz CT molecular complexity index is 509. The lowest BCUT2D eigenvalue weighted by Gasteiger charge is -2.32. The van der Waals surface area contributed by atoms with E-state index in [2.05, 4.69) is 30.9 Å². The number of likely N-dealkylation sites (N-methyl/N-ethyl adjacent to an activating group) is 1. The summed E-state index contributed by atoms with van der Waals surface area (Å²) in [6, 6.07) is 4.06. The normalized spacial score (nSPS) is 18.6. The van der Waals surface area contributed by atoms with Gasteiger partial charge in [-0.1, -0.05) is 0 Å². The van der Waals surface area contributed by atoms with E-state index in [9.17, 15) is 8.78 Å². The number of nitrogens with zero attached hydrogens (tertiary/aromatic N) is 1. The van der Waals surface area contributed by atoms with E-state index in [4.69, 9.17) is 4.74 Å². The zero-order chi connectivity index (χ0) is 16.1. The van der Waals surface area contributed by atoms with E-state index in [1.807, 2.05) is 13.1 Å². The second-order valence-corrected chi connectivity index (χ2v) is 6.20. The molecule has 23 heavy (non-hydrogen) atoms. The first kappa shape index (κ1) is 20.4. The Morgan fingerprint density at radius 3 is 2.78 bits per heavy atom. The van der Waals surface area contributed by atoms with Gasteiger partial charge in [0.05, 0.1) is 11.6 Å². The Morgan fingerprint density at radius 1 is 1.43 bits per heavy atom. The van der Waals surface area contributed by atoms with Crippen molar-refractivity contribution in [3.8, 4) is 11.5 Å². The molecule has 2 rings (SSSR count). The molecule has 1 aromatic carbocycles. The molecule has 4 nitrogen and oxygen atoms in total. The summed E-state index contributed by atoms with van der Waals surface area (Å²) in [4.78, 5) is 2.35. The third-order valence-electron chi connectivity index (χ3n) is 3.82. The average molecular weight is 416 g/mol. The van der Waals surface area contributed by atoms with Gasteiger partial charge in [-0.05, 0) is 60.1 Å². The standard InChI is InChI=1S/C15H21BrF2N2O2.ClH/c1-19-11-4-3-5-20(9-11)8-10-6-12(16)14(22-15(17)18)13(7-10)21-2;/h6-7,11,15,19H,3-5,8-9H2,1-2H3;1H. The van der Waals surface area contributed by atoms with Crippen molar-refractivity contribution in [2.24, 2.45) is 0 Å². The molecule has 1 heterocycles. The van der Waals surface area contributed by atoms with Crippen molar-refractivity contribution in [1.29, 1.82) is 0 Å². The van der Waals surface area contributed by atoms with Crippen molar-refractivity contribution in [2.75, 3.05) is 27.2 Å². The van der Waals surface area contributed by atoms with Crippen molar-refractivity contribution in [3.05, 3.63) is 22.2 Å². The van der Waals surface area contributed by atoms with Gasteiger partial charge in [0.2, 0.25) is 0 Å². The zero-order valence-electron chi connectivity index (χ0n) is 13.2. The quantitative estimate of drug-likeness (QED) is 0.769. The second-order valence-electron chi connectivity index (χ2n) is 5.35. The monoisotopic (exact) mass is 414 g/mol.